The summed E-state index contributed by atoms with van der Waals surface area (Å²) in [6.45, 7) is 5.87. The van der Waals surface area contributed by atoms with Crippen LogP contribution in [0.1, 0.15) is 31.9 Å². The zero-order valence-electron chi connectivity index (χ0n) is 16.3. The molecule has 2 rings (SSSR count). The maximum absolute atomic E-state index is 5.44. The Hall–Kier alpha value is -1.95. The number of nitrogens with zero attached hydrogens (tertiary/aromatic N) is 2. The monoisotopic (exact) mass is 348 g/mol. The number of nitrogens with one attached hydrogen (secondary N) is 2. The van der Waals surface area contributed by atoms with Crippen LogP contribution >= 0.6 is 0 Å². The molecule has 1 aliphatic rings. The van der Waals surface area contributed by atoms with Crippen molar-refractivity contribution in [1.29, 1.82) is 0 Å². The molecule has 6 heteroatoms. The van der Waals surface area contributed by atoms with Gasteiger partial charge in [0.15, 0.2) is 17.5 Å². The van der Waals surface area contributed by atoms with E-state index < -0.39 is 0 Å². The first-order chi connectivity index (χ1) is 12.0. The number of benzene rings is 1. The number of hydrogen-bond donors (Lipinski definition) is 2. The van der Waals surface area contributed by atoms with Crippen LogP contribution in [-0.2, 0) is 0 Å². The van der Waals surface area contributed by atoms with Crippen molar-refractivity contribution in [2.75, 3.05) is 41.4 Å². The molecule has 25 heavy (non-hydrogen) atoms. The van der Waals surface area contributed by atoms with Gasteiger partial charge in [-0.1, -0.05) is 13.0 Å². The van der Waals surface area contributed by atoms with Gasteiger partial charge in [-0.25, -0.2) is 0 Å². The van der Waals surface area contributed by atoms with Gasteiger partial charge in [-0.05, 0) is 51.1 Å². The highest BCUT2D eigenvalue weighted by atomic mass is 16.5. The Labute approximate surface area is 151 Å². The van der Waals surface area contributed by atoms with E-state index in [9.17, 15) is 0 Å². The zero-order chi connectivity index (χ0) is 18.4. The Kier molecular flexibility index (Phi) is 6.93. The normalized spacial score (nSPS) is 21.0. The summed E-state index contributed by atoms with van der Waals surface area (Å²) in [6.07, 6.45) is 1.22. The molecule has 1 aromatic rings. The fraction of sp³-hybridized carbons (Fsp3) is 0.632. The van der Waals surface area contributed by atoms with Gasteiger partial charge in [-0.3, -0.25) is 4.99 Å². The predicted molar refractivity (Wildman–Crippen MR) is 103 cm³/mol. The summed E-state index contributed by atoms with van der Waals surface area (Å²) in [5, 5.41) is 6.84. The quantitative estimate of drug-likeness (QED) is 0.557. The highest BCUT2D eigenvalue weighted by molar-refractivity contribution is 5.80. The SMILES string of the molecule is CCNC(=NCC(c1ccc(OC)c(OC)c1)N(C)C)NC1CC1C. The Balaban J connectivity index is 2.15. The minimum absolute atomic E-state index is 0.159. The first-order valence-corrected chi connectivity index (χ1v) is 8.93. The van der Waals surface area contributed by atoms with E-state index >= 15 is 0 Å². The molecule has 0 bridgehead atoms. The Morgan fingerprint density at radius 1 is 1.28 bits per heavy atom. The van der Waals surface area contributed by atoms with E-state index in [1.54, 1.807) is 14.2 Å². The lowest BCUT2D eigenvalue weighted by atomic mass is 10.1. The lowest BCUT2D eigenvalue weighted by Gasteiger charge is -2.24. The molecule has 140 valence electrons. The maximum Gasteiger partial charge on any atom is 0.191 e. The Bertz CT molecular complexity index is 589. The number of rotatable bonds is 8. The third kappa shape index (κ3) is 5.26. The molecule has 3 unspecified atom stereocenters. The van der Waals surface area contributed by atoms with Crippen molar-refractivity contribution in [2.45, 2.75) is 32.4 Å². The average Bonchev–Trinajstić information content (AvgIpc) is 3.29. The van der Waals surface area contributed by atoms with E-state index in [-0.39, 0.29) is 6.04 Å². The molecule has 0 radical (unpaired) electrons. The summed E-state index contributed by atoms with van der Waals surface area (Å²) >= 11 is 0. The number of aliphatic imine (C=N–C) groups is 1. The lowest BCUT2D eigenvalue weighted by Crippen LogP contribution is -2.39. The van der Waals surface area contributed by atoms with E-state index in [1.807, 2.05) is 12.1 Å². The average molecular weight is 348 g/mol. The third-order valence-electron chi connectivity index (χ3n) is 4.61. The zero-order valence-corrected chi connectivity index (χ0v) is 16.3. The summed E-state index contributed by atoms with van der Waals surface area (Å²) in [5.74, 6) is 3.11. The van der Waals surface area contributed by atoms with E-state index in [4.69, 9.17) is 14.5 Å². The fourth-order valence-corrected chi connectivity index (χ4v) is 2.82. The molecule has 2 N–H and O–H groups in total. The minimum atomic E-state index is 0.159. The number of guanidine groups is 1. The van der Waals surface area contributed by atoms with Gasteiger partial charge >= 0.3 is 0 Å². The molecule has 0 amide bonds. The van der Waals surface area contributed by atoms with E-state index in [2.05, 4.69) is 49.5 Å². The summed E-state index contributed by atoms with van der Waals surface area (Å²) < 4.78 is 10.8. The number of ether oxygens (including phenoxy) is 2. The second-order valence-electron chi connectivity index (χ2n) is 6.78. The molecule has 0 heterocycles. The van der Waals surface area contributed by atoms with Gasteiger partial charge in [0.05, 0.1) is 26.8 Å². The van der Waals surface area contributed by atoms with Crippen LogP contribution in [-0.4, -0.2) is 58.3 Å². The molecule has 1 saturated carbocycles. The largest absolute Gasteiger partial charge is 0.493 e. The smallest absolute Gasteiger partial charge is 0.191 e. The molecule has 3 atom stereocenters. The van der Waals surface area contributed by atoms with Crippen LogP contribution in [0.2, 0.25) is 0 Å². The molecule has 0 saturated heterocycles. The topological polar surface area (TPSA) is 58.1 Å². The van der Waals surface area contributed by atoms with Crippen LogP contribution < -0.4 is 20.1 Å². The van der Waals surface area contributed by atoms with Crippen LogP contribution in [0.15, 0.2) is 23.2 Å². The van der Waals surface area contributed by atoms with E-state index in [1.165, 1.54) is 6.42 Å². The van der Waals surface area contributed by atoms with Gasteiger partial charge in [-0.15, -0.1) is 0 Å². The van der Waals surface area contributed by atoms with Crippen molar-refractivity contribution < 1.29 is 9.47 Å². The van der Waals surface area contributed by atoms with E-state index in [0.717, 1.165) is 35.5 Å². The van der Waals surface area contributed by atoms with Crippen molar-refractivity contribution in [1.82, 2.24) is 15.5 Å². The van der Waals surface area contributed by atoms with Crippen LogP contribution in [0.25, 0.3) is 0 Å². The Morgan fingerprint density at radius 2 is 1.96 bits per heavy atom. The molecule has 0 spiro atoms. The summed E-state index contributed by atoms with van der Waals surface area (Å²) in [7, 11) is 7.45. The fourth-order valence-electron chi connectivity index (χ4n) is 2.82. The summed E-state index contributed by atoms with van der Waals surface area (Å²) in [6, 6.07) is 6.76. The van der Waals surface area contributed by atoms with Crippen LogP contribution in [0.5, 0.6) is 11.5 Å². The summed E-state index contributed by atoms with van der Waals surface area (Å²) in [5.41, 5.74) is 1.15. The van der Waals surface area contributed by atoms with Gasteiger partial charge in [0, 0.05) is 12.6 Å². The molecule has 1 aromatic carbocycles. The van der Waals surface area contributed by atoms with Gasteiger partial charge in [0.2, 0.25) is 0 Å². The number of likely N-dealkylation sites (N-methyl/N-ethyl adjacent to an activating group) is 1. The first-order valence-electron chi connectivity index (χ1n) is 8.93. The third-order valence-corrected chi connectivity index (χ3v) is 4.61. The van der Waals surface area contributed by atoms with Crippen LogP contribution in [0.4, 0.5) is 0 Å². The van der Waals surface area contributed by atoms with Crippen molar-refractivity contribution >= 4 is 5.96 Å². The number of hydrogen-bond acceptors (Lipinski definition) is 4. The van der Waals surface area contributed by atoms with Crippen LogP contribution in [0.3, 0.4) is 0 Å². The second-order valence-corrected chi connectivity index (χ2v) is 6.78. The van der Waals surface area contributed by atoms with Crippen molar-refractivity contribution in [3.8, 4) is 11.5 Å². The molecular formula is C19H32N4O2. The predicted octanol–water partition coefficient (Wildman–Crippen LogP) is 2.27. The van der Waals surface area contributed by atoms with Crippen LogP contribution in [0, 0.1) is 5.92 Å². The molecule has 1 fully saturated rings. The lowest BCUT2D eigenvalue weighted by molar-refractivity contribution is 0.303. The van der Waals surface area contributed by atoms with Crippen molar-refractivity contribution in [3.05, 3.63) is 23.8 Å². The molecule has 6 nitrogen and oxygen atoms in total. The standard InChI is InChI=1S/C19H32N4O2/c1-7-20-19(22-15-10-13(15)2)21-12-16(23(3)4)14-8-9-17(24-5)18(11-14)25-6/h8-9,11,13,15-16H,7,10,12H2,1-6H3,(H2,20,21,22). The van der Waals surface area contributed by atoms with Crippen molar-refractivity contribution in [3.63, 3.8) is 0 Å². The van der Waals surface area contributed by atoms with Crippen molar-refractivity contribution in [2.24, 2.45) is 10.9 Å². The first kappa shape index (κ1) is 19.4. The Morgan fingerprint density at radius 3 is 2.48 bits per heavy atom. The van der Waals surface area contributed by atoms with Gasteiger partial charge in [0.25, 0.3) is 0 Å². The van der Waals surface area contributed by atoms with E-state index in [0.29, 0.717) is 12.6 Å². The molecule has 0 aliphatic heterocycles. The number of methoxy groups -OCH3 is 2. The summed E-state index contributed by atoms with van der Waals surface area (Å²) in [4.78, 5) is 6.98. The highest BCUT2D eigenvalue weighted by Crippen LogP contribution is 2.31. The molecule has 0 aromatic heterocycles. The highest BCUT2D eigenvalue weighted by Gasteiger charge is 2.33. The van der Waals surface area contributed by atoms with Gasteiger partial charge < -0.3 is 25.0 Å². The maximum atomic E-state index is 5.44. The molecular weight excluding hydrogens is 316 g/mol. The minimum Gasteiger partial charge on any atom is -0.493 e. The van der Waals surface area contributed by atoms with Gasteiger partial charge in [-0.2, -0.15) is 0 Å². The second kappa shape index (κ2) is 8.94. The van der Waals surface area contributed by atoms with Gasteiger partial charge in [0.1, 0.15) is 0 Å². The molecule has 1 aliphatic carbocycles.